The maximum absolute atomic E-state index is 12.4. The summed E-state index contributed by atoms with van der Waals surface area (Å²) in [4.78, 5) is 16.6. The summed E-state index contributed by atoms with van der Waals surface area (Å²) in [6.07, 6.45) is 3.43. The van der Waals surface area contributed by atoms with Crippen LogP contribution in [0.3, 0.4) is 0 Å². The van der Waals surface area contributed by atoms with Gasteiger partial charge in [0.2, 0.25) is 5.91 Å². The molecule has 0 atom stereocenters. The van der Waals surface area contributed by atoms with Crippen LogP contribution in [-0.4, -0.2) is 43.6 Å². The molecule has 0 bridgehead atoms. The van der Waals surface area contributed by atoms with E-state index in [0.717, 1.165) is 31.7 Å². The van der Waals surface area contributed by atoms with Crippen LogP contribution in [0.2, 0.25) is 0 Å². The molecule has 2 aromatic carbocycles. The van der Waals surface area contributed by atoms with Crippen LogP contribution >= 0.6 is 0 Å². The van der Waals surface area contributed by atoms with Gasteiger partial charge >= 0.3 is 0 Å². The number of carbonyl (C=O) groups is 1. The third kappa shape index (κ3) is 5.11. The lowest BCUT2D eigenvalue weighted by atomic mass is 10.2. The van der Waals surface area contributed by atoms with Gasteiger partial charge in [0.1, 0.15) is 11.8 Å². The fourth-order valence-corrected chi connectivity index (χ4v) is 3.07. The summed E-state index contributed by atoms with van der Waals surface area (Å²) in [5, 5.41) is 8.51. The summed E-state index contributed by atoms with van der Waals surface area (Å²) >= 11 is 0. The molecule has 0 unspecified atom stereocenters. The van der Waals surface area contributed by atoms with Gasteiger partial charge in [-0.2, -0.15) is 5.26 Å². The lowest BCUT2D eigenvalue weighted by Crippen LogP contribution is -2.48. The summed E-state index contributed by atoms with van der Waals surface area (Å²) < 4.78 is 5.22. The number of hydrogen-bond donors (Lipinski definition) is 0. The standard InChI is InChI=1S/C22H23N3O2/c1-18-3-2-4-20(17-18)24-12-14-25(15-13-24)22(26)10-7-19-5-8-21(9-6-19)27-16-11-23/h2-10,17H,12-16H2,1H3/b10-7+. The minimum Gasteiger partial charge on any atom is -0.479 e. The molecule has 1 aliphatic rings. The summed E-state index contributed by atoms with van der Waals surface area (Å²) in [7, 11) is 0. The van der Waals surface area contributed by atoms with Crippen molar-refractivity contribution < 1.29 is 9.53 Å². The summed E-state index contributed by atoms with van der Waals surface area (Å²) in [5.41, 5.74) is 3.39. The van der Waals surface area contributed by atoms with Gasteiger partial charge in [-0.3, -0.25) is 4.79 Å². The Morgan fingerprint density at radius 3 is 2.56 bits per heavy atom. The number of carbonyl (C=O) groups excluding carboxylic acids is 1. The number of nitrogens with zero attached hydrogens (tertiary/aromatic N) is 3. The molecule has 27 heavy (non-hydrogen) atoms. The van der Waals surface area contributed by atoms with Gasteiger partial charge in [-0.1, -0.05) is 24.3 Å². The van der Waals surface area contributed by atoms with Crippen LogP contribution in [-0.2, 0) is 4.79 Å². The van der Waals surface area contributed by atoms with E-state index in [9.17, 15) is 4.79 Å². The molecule has 0 radical (unpaired) electrons. The molecule has 3 rings (SSSR count). The zero-order valence-corrected chi connectivity index (χ0v) is 15.5. The van der Waals surface area contributed by atoms with Crippen molar-refractivity contribution in [3.8, 4) is 11.8 Å². The van der Waals surface area contributed by atoms with E-state index in [1.54, 1.807) is 18.2 Å². The lowest BCUT2D eigenvalue weighted by molar-refractivity contribution is -0.126. The molecular formula is C22H23N3O2. The molecular weight excluding hydrogens is 338 g/mol. The van der Waals surface area contributed by atoms with Gasteiger partial charge in [0.05, 0.1) is 0 Å². The van der Waals surface area contributed by atoms with E-state index in [2.05, 4.69) is 36.1 Å². The molecule has 138 valence electrons. The largest absolute Gasteiger partial charge is 0.479 e. The molecule has 1 saturated heterocycles. The van der Waals surface area contributed by atoms with Crippen LogP contribution in [0.4, 0.5) is 5.69 Å². The zero-order valence-electron chi connectivity index (χ0n) is 15.5. The van der Waals surface area contributed by atoms with Gasteiger partial charge in [0.25, 0.3) is 0 Å². The highest BCUT2D eigenvalue weighted by Gasteiger charge is 2.19. The van der Waals surface area contributed by atoms with Gasteiger partial charge in [0, 0.05) is 37.9 Å². The van der Waals surface area contributed by atoms with Gasteiger partial charge in [-0.05, 0) is 48.4 Å². The van der Waals surface area contributed by atoms with Crippen molar-refractivity contribution in [2.75, 3.05) is 37.7 Å². The average molecular weight is 361 g/mol. The van der Waals surface area contributed by atoms with E-state index >= 15 is 0 Å². The molecule has 0 spiro atoms. The first-order valence-electron chi connectivity index (χ1n) is 9.04. The number of hydrogen-bond acceptors (Lipinski definition) is 4. The van der Waals surface area contributed by atoms with Crippen molar-refractivity contribution in [2.45, 2.75) is 6.92 Å². The third-order valence-electron chi connectivity index (χ3n) is 4.56. The highest BCUT2D eigenvalue weighted by atomic mass is 16.5. The molecule has 0 aliphatic carbocycles. The van der Waals surface area contributed by atoms with Crippen LogP contribution in [0.25, 0.3) is 6.08 Å². The summed E-state index contributed by atoms with van der Waals surface area (Å²) in [6, 6.07) is 17.7. The lowest BCUT2D eigenvalue weighted by Gasteiger charge is -2.35. The van der Waals surface area contributed by atoms with Gasteiger partial charge < -0.3 is 14.5 Å². The SMILES string of the molecule is Cc1cccc(N2CCN(C(=O)/C=C/c3ccc(OCC#N)cc3)CC2)c1. The zero-order chi connectivity index (χ0) is 19.1. The second kappa shape index (κ2) is 8.91. The van der Waals surface area contributed by atoms with Gasteiger partial charge in [0.15, 0.2) is 6.61 Å². The molecule has 1 amide bonds. The van der Waals surface area contributed by atoms with Crippen LogP contribution in [0.1, 0.15) is 11.1 Å². The minimum absolute atomic E-state index is 0.0300. The number of benzene rings is 2. The number of amides is 1. The van der Waals surface area contributed by atoms with Crippen molar-refractivity contribution in [1.82, 2.24) is 4.90 Å². The molecule has 1 fully saturated rings. The maximum atomic E-state index is 12.4. The number of rotatable bonds is 5. The Balaban J connectivity index is 1.52. The fourth-order valence-electron chi connectivity index (χ4n) is 3.07. The Morgan fingerprint density at radius 2 is 1.89 bits per heavy atom. The monoisotopic (exact) mass is 361 g/mol. The third-order valence-corrected chi connectivity index (χ3v) is 4.56. The van der Waals surface area contributed by atoms with Crippen LogP contribution in [0.5, 0.6) is 5.75 Å². The Bertz CT molecular complexity index is 845. The van der Waals surface area contributed by atoms with Crippen molar-refractivity contribution in [2.24, 2.45) is 0 Å². The van der Waals surface area contributed by atoms with Gasteiger partial charge in [-0.15, -0.1) is 0 Å². The number of piperazine rings is 1. The molecule has 0 N–H and O–H groups in total. The number of nitriles is 1. The second-order valence-corrected chi connectivity index (χ2v) is 6.50. The Hall–Kier alpha value is -3.26. The van der Waals surface area contributed by atoms with E-state index in [0.29, 0.717) is 5.75 Å². The molecule has 5 nitrogen and oxygen atoms in total. The molecule has 0 aromatic heterocycles. The topological polar surface area (TPSA) is 56.6 Å². The number of ether oxygens (including phenoxy) is 1. The van der Waals surface area contributed by atoms with Crippen LogP contribution in [0.15, 0.2) is 54.6 Å². The molecule has 1 heterocycles. The quantitative estimate of drug-likeness (QED) is 0.767. The van der Waals surface area contributed by atoms with Crippen LogP contribution in [0, 0.1) is 18.3 Å². The van der Waals surface area contributed by atoms with Gasteiger partial charge in [-0.25, -0.2) is 0 Å². The fraction of sp³-hybridized carbons (Fsp3) is 0.273. The Morgan fingerprint density at radius 1 is 1.15 bits per heavy atom. The number of aryl methyl sites for hydroxylation is 1. The van der Waals surface area contributed by atoms with Crippen molar-refractivity contribution in [1.29, 1.82) is 5.26 Å². The van der Waals surface area contributed by atoms with Crippen LogP contribution < -0.4 is 9.64 Å². The molecule has 1 aliphatic heterocycles. The predicted molar refractivity (Wildman–Crippen MR) is 107 cm³/mol. The number of anilines is 1. The normalized spacial score (nSPS) is 14.2. The summed E-state index contributed by atoms with van der Waals surface area (Å²) in [5.74, 6) is 0.677. The van der Waals surface area contributed by atoms with E-state index in [1.807, 2.05) is 29.2 Å². The van der Waals surface area contributed by atoms with E-state index in [-0.39, 0.29) is 12.5 Å². The maximum Gasteiger partial charge on any atom is 0.246 e. The highest BCUT2D eigenvalue weighted by molar-refractivity contribution is 5.92. The first-order chi connectivity index (χ1) is 13.2. The minimum atomic E-state index is 0.0300. The molecule has 0 saturated carbocycles. The van der Waals surface area contributed by atoms with Crippen molar-refractivity contribution >= 4 is 17.7 Å². The van der Waals surface area contributed by atoms with E-state index < -0.39 is 0 Å². The predicted octanol–water partition coefficient (Wildman–Crippen LogP) is 3.26. The van der Waals surface area contributed by atoms with E-state index in [1.165, 1.54) is 11.3 Å². The Labute approximate surface area is 160 Å². The first kappa shape index (κ1) is 18.5. The molecule has 5 heteroatoms. The highest BCUT2D eigenvalue weighted by Crippen LogP contribution is 2.18. The second-order valence-electron chi connectivity index (χ2n) is 6.50. The average Bonchev–Trinajstić information content (AvgIpc) is 2.71. The van der Waals surface area contributed by atoms with Crippen molar-refractivity contribution in [3.63, 3.8) is 0 Å². The smallest absolute Gasteiger partial charge is 0.246 e. The van der Waals surface area contributed by atoms with E-state index in [4.69, 9.17) is 10.00 Å². The first-order valence-corrected chi connectivity index (χ1v) is 9.04. The summed E-state index contributed by atoms with van der Waals surface area (Å²) in [6.45, 7) is 5.25. The Kier molecular flexibility index (Phi) is 6.11. The van der Waals surface area contributed by atoms with Crippen molar-refractivity contribution in [3.05, 3.63) is 65.7 Å². The molecule has 2 aromatic rings.